The summed E-state index contributed by atoms with van der Waals surface area (Å²) in [6.07, 6.45) is 3.27. The number of nitrogens with one attached hydrogen (secondary N) is 2. The van der Waals surface area contributed by atoms with Gasteiger partial charge in [0.25, 0.3) is 0 Å². The summed E-state index contributed by atoms with van der Waals surface area (Å²) in [5.74, 6) is 1.40. The fourth-order valence-corrected chi connectivity index (χ4v) is 4.39. The van der Waals surface area contributed by atoms with Crippen LogP contribution >= 0.6 is 11.8 Å². The molecule has 31 heavy (non-hydrogen) atoms. The fourth-order valence-electron chi connectivity index (χ4n) is 3.52. The molecule has 1 spiro atoms. The van der Waals surface area contributed by atoms with Gasteiger partial charge >= 0.3 is 0 Å². The summed E-state index contributed by atoms with van der Waals surface area (Å²) < 4.78 is 10.3. The molecule has 4 rings (SSSR count). The number of ether oxygens (including phenoxy) is 2. The molecule has 0 atom stereocenters. The summed E-state index contributed by atoms with van der Waals surface area (Å²) in [4.78, 5) is 26.6. The largest absolute Gasteiger partial charge is 0.497 e. The second-order valence-corrected chi connectivity index (χ2v) is 8.23. The van der Waals surface area contributed by atoms with Gasteiger partial charge in [-0.15, -0.1) is 0 Å². The third-order valence-electron chi connectivity index (χ3n) is 5.17. The quantitative estimate of drug-likeness (QED) is 0.718. The Morgan fingerprint density at radius 2 is 1.87 bits per heavy atom. The Bertz CT molecular complexity index is 983. The van der Waals surface area contributed by atoms with E-state index in [1.54, 1.807) is 32.5 Å². The molecule has 3 heterocycles. The first-order chi connectivity index (χ1) is 15.1. The van der Waals surface area contributed by atoms with Crippen molar-refractivity contribution in [3.8, 4) is 11.6 Å². The number of hydrogen-bond donors (Lipinski definition) is 2. The Labute approximate surface area is 185 Å². The maximum Gasteiger partial charge on any atom is 0.234 e. The van der Waals surface area contributed by atoms with Gasteiger partial charge in [-0.3, -0.25) is 9.79 Å². The van der Waals surface area contributed by atoms with E-state index in [1.165, 1.54) is 11.8 Å². The first-order valence-corrected chi connectivity index (χ1v) is 11.1. The Balaban J connectivity index is 1.47. The Morgan fingerprint density at radius 1 is 1.10 bits per heavy atom. The minimum absolute atomic E-state index is 0.125. The average Bonchev–Trinajstić information content (AvgIpc) is 3.16. The van der Waals surface area contributed by atoms with Crippen molar-refractivity contribution in [1.29, 1.82) is 0 Å². The summed E-state index contributed by atoms with van der Waals surface area (Å²) in [5, 5.41) is 7.02. The van der Waals surface area contributed by atoms with E-state index >= 15 is 0 Å². The predicted molar refractivity (Wildman–Crippen MR) is 124 cm³/mol. The van der Waals surface area contributed by atoms with Crippen molar-refractivity contribution in [2.24, 2.45) is 9.98 Å². The zero-order chi connectivity index (χ0) is 21.7. The Hall–Kier alpha value is -2.91. The fraction of sp³-hybridized carbons (Fsp3) is 0.364. The van der Waals surface area contributed by atoms with E-state index in [4.69, 9.17) is 19.5 Å². The minimum Gasteiger partial charge on any atom is -0.497 e. The molecule has 1 aromatic carbocycles. The van der Waals surface area contributed by atoms with Crippen LogP contribution in [0, 0.1) is 0 Å². The number of amides is 1. The third-order valence-corrected chi connectivity index (χ3v) is 6.13. The van der Waals surface area contributed by atoms with E-state index in [1.807, 2.05) is 24.3 Å². The summed E-state index contributed by atoms with van der Waals surface area (Å²) in [5.41, 5.74) is 2.01. The molecule has 2 aliphatic rings. The van der Waals surface area contributed by atoms with E-state index in [9.17, 15) is 4.79 Å². The molecule has 0 bridgehead atoms. The van der Waals surface area contributed by atoms with Crippen molar-refractivity contribution in [3.63, 3.8) is 0 Å². The molecule has 0 saturated carbocycles. The zero-order valence-corrected chi connectivity index (χ0v) is 18.4. The predicted octanol–water partition coefficient (Wildman–Crippen LogP) is 2.75. The molecular weight excluding hydrogens is 414 g/mol. The van der Waals surface area contributed by atoms with E-state index in [0.29, 0.717) is 11.6 Å². The van der Waals surface area contributed by atoms with Gasteiger partial charge in [0.05, 0.1) is 37.6 Å². The number of rotatable bonds is 6. The molecule has 1 aromatic heterocycles. The number of carbonyl (C=O) groups excluding carboxylic acids is 1. The number of pyridine rings is 1. The minimum atomic E-state index is -0.431. The van der Waals surface area contributed by atoms with E-state index < -0.39 is 5.66 Å². The number of carbonyl (C=O) groups is 1. The first-order valence-electron chi connectivity index (χ1n) is 10.1. The molecule has 2 aliphatic heterocycles. The number of hydrogen-bond acceptors (Lipinski definition) is 8. The van der Waals surface area contributed by atoms with Crippen LogP contribution < -0.4 is 20.1 Å². The van der Waals surface area contributed by atoms with Crippen LogP contribution in [-0.2, 0) is 4.79 Å². The van der Waals surface area contributed by atoms with E-state index in [2.05, 4.69) is 15.6 Å². The number of aromatic nitrogens is 1. The number of piperidine rings is 1. The standard InChI is InChI=1S/C22H25N5O3S/c1-29-17-6-3-15(4-7-17)20-21(27-22(26-20)9-11-23-12-10-22)31-14-18(28)25-16-5-8-19(30-2)24-13-16/h3-8,13,23H,9-12,14H2,1-2H3,(H,25,28). The number of thioether (sulfide) groups is 1. The molecule has 1 fully saturated rings. The highest BCUT2D eigenvalue weighted by molar-refractivity contribution is 8.16. The van der Waals surface area contributed by atoms with Crippen LogP contribution in [0.4, 0.5) is 5.69 Å². The van der Waals surface area contributed by atoms with E-state index in [0.717, 1.165) is 48.0 Å². The molecule has 2 aromatic rings. The number of anilines is 1. The second kappa shape index (κ2) is 9.49. The first kappa shape index (κ1) is 21.3. The highest BCUT2D eigenvalue weighted by Crippen LogP contribution is 2.34. The van der Waals surface area contributed by atoms with Gasteiger partial charge in [0.1, 0.15) is 10.8 Å². The molecule has 0 aliphatic carbocycles. The van der Waals surface area contributed by atoms with Crippen LogP contribution in [0.1, 0.15) is 18.4 Å². The summed E-state index contributed by atoms with van der Waals surface area (Å²) in [6.45, 7) is 1.76. The number of nitrogens with zero attached hydrogens (tertiary/aromatic N) is 3. The smallest absolute Gasteiger partial charge is 0.234 e. The third kappa shape index (κ3) is 5.05. The molecule has 0 unspecified atom stereocenters. The average molecular weight is 440 g/mol. The van der Waals surface area contributed by atoms with Crippen LogP contribution in [-0.4, -0.2) is 60.4 Å². The lowest BCUT2D eigenvalue weighted by Gasteiger charge is -2.27. The maximum absolute atomic E-state index is 12.5. The maximum atomic E-state index is 12.5. The van der Waals surface area contributed by atoms with Gasteiger partial charge in [-0.1, -0.05) is 11.8 Å². The number of methoxy groups -OCH3 is 2. The van der Waals surface area contributed by atoms with Crippen molar-refractivity contribution < 1.29 is 14.3 Å². The van der Waals surface area contributed by atoms with E-state index in [-0.39, 0.29) is 11.7 Å². The van der Waals surface area contributed by atoms with Crippen molar-refractivity contribution in [3.05, 3.63) is 48.2 Å². The Kier molecular flexibility index (Phi) is 6.53. The lowest BCUT2D eigenvalue weighted by atomic mass is 10.0. The molecule has 162 valence electrons. The second-order valence-electron chi connectivity index (χ2n) is 7.26. The van der Waals surface area contributed by atoms with Crippen LogP contribution in [0.3, 0.4) is 0 Å². The monoisotopic (exact) mass is 439 g/mol. The Morgan fingerprint density at radius 3 is 2.52 bits per heavy atom. The van der Waals surface area contributed by atoms with Gasteiger partial charge in [-0.2, -0.15) is 0 Å². The van der Waals surface area contributed by atoms with Gasteiger partial charge in [-0.25, -0.2) is 9.98 Å². The van der Waals surface area contributed by atoms with Gasteiger partial charge < -0.3 is 20.1 Å². The van der Waals surface area contributed by atoms with Gasteiger partial charge in [0, 0.05) is 24.5 Å². The van der Waals surface area contributed by atoms with Crippen molar-refractivity contribution in [2.75, 3.05) is 38.4 Å². The molecule has 9 heteroatoms. The SMILES string of the molecule is COc1ccc(C2=NC3(CCNCC3)N=C2SCC(=O)Nc2ccc(OC)nc2)cc1. The molecule has 1 saturated heterocycles. The molecule has 8 nitrogen and oxygen atoms in total. The van der Waals surface area contributed by atoms with Crippen LogP contribution in [0.25, 0.3) is 0 Å². The zero-order valence-electron chi connectivity index (χ0n) is 17.6. The molecule has 2 N–H and O–H groups in total. The van der Waals surface area contributed by atoms with Gasteiger partial charge in [0.15, 0.2) is 5.66 Å². The molecule has 1 amide bonds. The van der Waals surface area contributed by atoms with Crippen LogP contribution in [0.5, 0.6) is 11.6 Å². The summed E-state index contributed by atoms with van der Waals surface area (Å²) in [7, 11) is 3.20. The van der Waals surface area contributed by atoms with Gasteiger partial charge in [0.2, 0.25) is 11.8 Å². The van der Waals surface area contributed by atoms with Gasteiger partial charge in [-0.05, 0) is 43.4 Å². The highest BCUT2D eigenvalue weighted by atomic mass is 32.2. The van der Waals surface area contributed by atoms with Crippen LogP contribution in [0.15, 0.2) is 52.6 Å². The highest BCUT2D eigenvalue weighted by Gasteiger charge is 2.37. The lowest BCUT2D eigenvalue weighted by molar-refractivity contribution is -0.113. The normalized spacial score (nSPS) is 17.1. The summed E-state index contributed by atoms with van der Waals surface area (Å²) in [6, 6.07) is 11.3. The summed E-state index contributed by atoms with van der Waals surface area (Å²) >= 11 is 1.41. The topological polar surface area (TPSA) is 97.2 Å². The lowest BCUT2D eigenvalue weighted by Crippen LogP contribution is -2.38. The number of benzene rings is 1. The number of aliphatic imine (C=N–C) groups is 2. The molecular formula is C22H25N5O3S. The van der Waals surface area contributed by atoms with Crippen molar-refractivity contribution >= 4 is 34.1 Å². The van der Waals surface area contributed by atoms with Crippen molar-refractivity contribution in [1.82, 2.24) is 10.3 Å². The molecule has 0 radical (unpaired) electrons. The van der Waals surface area contributed by atoms with Crippen LogP contribution in [0.2, 0.25) is 0 Å². The van der Waals surface area contributed by atoms with Crippen molar-refractivity contribution in [2.45, 2.75) is 18.5 Å².